The summed E-state index contributed by atoms with van der Waals surface area (Å²) in [7, 11) is 0. The second-order valence-corrected chi connectivity index (χ2v) is 4.66. The molecule has 0 amide bonds. The second-order valence-electron chi connectivity index (χ2n) is 4.66. The molecule has 0 radical (unpaired) electrons. The van der Waals surface area contributed by atoms with Gasteiger partial charge in [0.25, 0.3) is 0 Å². The van der Waals surface area contributed by atoms with Gasteiger partial charge in [-0.05, 0) is 55.1 Å². The number of phenolic OH excluding ortho intramolecular Hbond substituents is 1. The van der Waals surface area contributed by atoms with Crippen molar-refractivity contribution in [1.82, 2.24) is 0 Å². The van der Waals surface area contributed by atoms with Gasteiger partial charge < -0.3 is 10.8 Å². The number of halogens is 1. The van der Waals surface area contributed by atoms with Crippen LogP contribution >= 0.6 is 0 Å². The zero-order chi connectivity index (χ0) is 13.8. The largest absolute Gasteiger partial charge is 0.507 e. The van der Waals surface area contributed by atoms with E-state index in [1.165, 1.54) is 6.07 Å². The topological polar surface area (TPSA) is 46.2 Å². The summed E-state index contributed by atoms with van der Waals surface area (Å²) in [6.07, 6.45) is 1.73. The van der Waals surface area contributed by atoms with Crippen LogP contribution in [0, 0.1) is 12.7 Å². The number of aryl methyl sites for hydroxylation is 1. The number of hydrogen-bond acceptors (Lipinski definition) is 2. The molecule has 100 valence electrons. The fourth-order valence-electron chi connectivity index (χ4n) is 2.17. The molecular formula is C16H18FNO. The third-order valence-corrected chi connectivity index (χ3v) is 3.29. The lowest BCUT2D eigenvalue weighted by atomic mass is 9.97. The average Bonchev–Trinajstić information content (AvgIpc) is 2.40. The van der Waals surface area contributed by atoms with E-state index < -0.39 is 0 Å². The monoisotopic (exact) mass is 259 g/mol. The second kappa shape index (κ2) is 5.85. The van der Waals surface area contributed by atoms with E-state index in [0.29, 0.717) is 17.7 Å². The number of hydrogen-bond donors (Lipinski definition) is 2. The van der Waals surface area contributed by atoms with Gasteiger partial charge in [0.2, 0.25) is 0 Å². The summed E-state index contributed by atoms with van der Waals surface area (Å²) in [5, 5.41) is 10.1. The summed E-state index contributed by atoms with van der Waals surface area (Å²) in [6, 6.07) is 10.4. The summed E-state index contributed by atoms with van der Waals surface area (Å²) in [6.45, 7) is 2.35. The van der Waals surface area contributed by atoms with Crippen LogP contribution in [-0.2, 0) is 6.42 Å². The SMILES string of the molecule is Cc1c(F)cccc1-c1ccc(CCCN)cc1O. The van der Waals surface area contributed by atoms with Gasteiger partial charge in [-0.3, -0.25) is 0 Å². The molecule has 2 aromatic rings. The molecule has 2 rings (SSSR count). The first-order valence-corrected chi connectivity index (χ1v) is 6.41. The van der Waals surface area contributed by atoms with Crippen LogP contribution in [0.4, 0.5) is 4.39 Å². The standard InChI is InChI=1S/C16H18FNO/c1-11-13(5-2-6-15(11)17)14-8-7-12(4-3-9-18)10-16(14)19/h2,5-8,10,19H,3-4,9,18H2,1H3. The lowest BCUT2D eigenvalue weighted by Crippen LogP contribution is -2.00. The van der Waals surface area contributed by atoms with E-state index in [0.717, 1.165) is 24.0 Å². The van der Waals surface area contributed by atoms with Crippen LogP contribution in [0.1, 0.15) is 17.5 Å². The van der Waals surface area contributed by atoms with E-state index in [1.54, 1.807) is 19.1 Å². The van der Waals surface area contributed by atoms with Gasteiger partial charge in [-0.1, -0.05) is 24.3 Å². The van der Waals surface area contributed by atoms with E-state index in [2.05, 4.69) is 0 Å². The molecule has 3 N–H and O–H groups in total. The molecule has 0 spiro atoms. The summed E-state index contributed by atoms with van der Waals surface area (Å²) in [5.74, 6) is -0.0765. The highest BCUT2D eigenvalue weighted by Gasteiger charge is 2.10. The van der Waals surface area contributed by atoms with Gasteiger partial charge in [0.1, 0.15) is 11.6 Å². The molecule has 0 heterocycles. The molecule has 3 heteroatoms. The maximum absolute atomic E-state index is 13.5. The molecule has 19 heavy (non-hydrogen) atoms. The molecule has 0 fully saturated rings. The fraction of sp³-hybridized carbons (Fsp3) is 0.250. The highest BCUT2D eigenvalue weighted by molar-refractivity contribution is 5.73. The first-order chi connectivity index (χ1) is 9.13. The maximum atomic E-state index is 13.5. The van der Waals surface area contributed by atoms with Crippen molar-refractivity contribution in [1.29, 1.82) is 0 Å². The van der Waals surface area contributed by atoms with Crippen molar-refractivity contribution in [2.24, 2.45) is 5.73 Å². The van der Waals surface area contributed by atoms with Crippen LogP contribution in [0.2, 0.25) is 0 Å². The molecular weight excluding hydrogens is 241 g/mol. The summed E-state index contributed by atoms with van der Waals surface area (Å²) < 4.78 is 13.5. The Morgan fingerprint density at radius 2 is 1.95 bits per heavy atom. The summed E-state index contributed by atoms with van der Waals surface area (Å²) in [5.41, 5.74) is 8.44. The fourth-order valence-corrected chi connectivity index (χ4v) is 2.17. The van der Waals surface area contributed by atoms with Crippen LogP contribution in [0.15, 0.2) is 36.4 Å². The lowest BCUT2D eigenvalue weighted by Gasteiger charge is -2.10. The highest BCUT2D eigenvalue weighted by atomic mass is 19.1. The highest BCUT2D eigenvalue weighted by Crippen LogP contribution is 2.33. The van der Waals surface area contributed by atoms with E-state index >= 15 is 0 Å². The molecule has 0 aromatic heterocycles. The third-order valence-electron chi connectivity index (χ3n) is 3.29. The van der Waals surface area contributed by atoms with Gasteiger partial charge in [-0.15, -0.1) is 0 Å². The van der Waals surface area contributed by atoms with Crippen LogP contribution in [0.25, 0.3) is 11.1 Å². The molecule has 0 atom stereocenters. The smallest absolute Gasteiger partial charge is 0.126 e. The van der Waals surface area contributed by atoms with E-state index in [-0.39, 0.29) is 11.6 Å². The molecule has 2 aromatic carbocycles. The van der Waals surface area contributed by atoms with E-state index in [9.17, 15) is 9.50 Å². The van der Waals surface area contributed by atoms with Crippen LogP contribution in [0.5, 0.6) is 5.75 Å². The first kappa shape index (κ1) is 13.6. The quantitative estimate of drug-likeness (QED) is 0.884. The maximum Gasteiger partial charge on any atom is 0.126 e. The van der Waals surface area contributed by atoms with Gasteiger partial charge in [0.15, 0.2) is 0 Å². The van der Waals surface area contributed by atoms with Crippen molar-refractivity contribution < 1.29 is 9.50 Å². The molecule has 0 bridgehead atoms. The number of benzene rings is 2. The molecule has 0 saturated heterocycles. The minimum absolute atomic E-state index is 0.184. The van der Waals surface area contributed by atoms with Crippen molar-refractivity contribution in [3.8, 4) is 16.9 Å². The minimum Gasteiger partial charge on any atom is -0.507 e. The first-order valence-electron chi connectivity index (χ1n) is 6.41. The molecule has 2 nitrogen and oxygen atoms in total. The predicted molar refractivity (Wildman–Crippen MR) is 75.6 cm³/mol. The number of nitrogens with two attached hydrogens (primary N) is 1. The number of phenols is 1. The molecule has 0 unspecified atom stereocenters. The normalized spacial score (nSPS) is 10.7. The van der Waals surface area contributed by atoms with E-state index in [4.69, 9.17) is 5.73 Å². The van der Waals surface area contributed by atoms with Crippen molar-refractivity contribution in [2.45, 2.75) is 19.8 Å². The van der Waals surface area contributed by atoms with Gasteiger partial charge in [-0.2, -0.15) is 0 Å². The van der Waals surface area contributed by atoms with Gasteiger partial charge >= 0.3 is 0 Å². The van der Waals surface area contributed by atoms with Crippen molar-refractivity contribution in [3.05, 3.63) is 53.3 Å². The Hall–Kier alpha value is -1.87. The Morgan fingerprint density at radius 1 is 1.16 bits per heavy atom. The zero-order valence-corrected chi connectivity index (χ0v) is 11.0. The molecule has 0 saturated carbocycles. The Labute approximate surface area is 112 Å². The Bertz CT molecular complexity index is 581. The van der Waals surface area contributed by atoms with Crippen LogP contribution in [0.3, 0.4) is 0 Å². The average molecular weight is 259 g/mol. The van der Waals surface area contributed by atoms with E-state index in [1.807, 2.05) is 18.2 Å². The lowest BCUT2D eigenvalue weighted by molar-refractivity contribution is 0.476. The Kier molecular flexibility index (Phi) is 4.17. The van der Waals surface area contributed by atoms with Crippen LogP contribution < -0.4 is 5.73 Å². The third kappa shape index (κ3) is 2.93. The van der Waals surface area contributed by atoms with Gasteiger partial charge in [-0.25, -0.2) is 4.39 Å². The van der Waals surface area contributed by atoms with Crippen molar-refractivity contribution in [3.63, 3.8) is 0 Å². The zero-order valence-electron chi connectivity index (χ0n) is 11.0. The Balaban J connectivity index is 2.38. The van der Waals surface area contributed by atoms with Gasteiger partial charge in [0.05, 0.1) is 0 Å². The van der Waals surface area contributed by atoms with Gasteiger partial charge in [0, 0.05) is 5.56 Å². The van der Waals surface area contributed by atoms with Crippen molar-refractivity contribution in [2.75, 3.05) is 6.54 Å². The summed E-state index contributed by atoms with van der Waals surface area (Å²) in [4.78, 5) is 0. The Morgan fingerprint density at radius 3 is 2.63 bits per heavy atom. The molecule has 0 aliphatic heterocycles. The summed E-state index contributed by atoms with van der Waals surface area (Å²) >= 11 is 0. The minimum atomic E-state index is -0.260. The molecule has 0 aliphatic rings. The van der Waals surface area contributed by atoms with Crippen molar-refractivity contribution >= 4 is 0 Å². The molecule has 0 aliphatic carbocycles. The van der Waals surface area contributed by atoms with Crippen LogP contribution in [-0.4, -0.2) is 11.7 Å². The number of aromatic hydroxyl groups is 1. The predicted octanol–water partition coefficient (Wildman–Crippen LogP) is 3.40. The number of rotatable bonds is 4.